The molecular formula is C12H24N2O2. The zero-order chi connectivity index (χ0) is 12.2. The first-order chi connectivity index (χ1) is 7.37. The summed E-state index contributed by atoms with van der Waals surface area (Å²) in [6.45, 7) is 6.66. The van der Waals surface area contributed by atoms with Gasteiger partial charge in [0.05, 0.1) is 5.60 Å². The van der Waals surface area contributed by atoms with E-state index in [1.165, 1.54) is 0 Å². The summed E-state index contributed by atoms with van der Waals surface area (Å²) in [6.07, 6.45) is 3.43. The van der Waals surface area contributed by atoms with Gasteiger partial charge in [0, 0.05) is 13.0 Å². The average Bonchev–Trinajstić information content (AvgIpc) is 2.14. The maximum atomic E-state index is 10.8. The normalized spacial score (nSPS) is 19.9. The van der Waals surface area contributed by atoms with Crippen LogP contribution < -0.4 is 5.73 Å². The van der Waals surface area contributed by atoms with Gasteiger partial charge < -0.3 is 15.7 Å². The van der Waals surface area contributed by atoms with Gasteiger partial charge in [-0.3, -0.25) is 4.79 Å². The first kappa shape index (κ1) is 13.5. The molecule has 3 N–H and O–H groups in total. The molecule has 0 aromatic carbocycles. The zero-order valence-electron chi connectivity index (χ0n) is 10.4. The molecule has 0 aromatic rings. The molecule has 1 fully saturated rings. The van der Waals surface area contributed by atoms with Crippen LogP contribution >= 0.6 is 0 Å². The Hall–Kier alpha value is -0.610. The van der Waals surface area contributed by atoms with Crippen molar-refractivity contribution in [2.75, 3.05) is 19.6 Å². The molecule has 1 rings (SSSR count). The minimum absolute atomic E-state index is 0.185. The summed E-state index contributed by atoms with van der Waals surface area (Å²) in [5, 5.41) is 9.63. The second kappa shape index (κ2) is 5.64. The minimum Gasteiger partial charge on any atom is -0.390 e. The summed E-state index contributed by atoms with van der Waals surface area (Å²) in [5.74, 6) is 0.283. The molecule has 0 saturated carbocycles. The van der Waals surface area contributed by atoms with E-state index >= 15 is 0 Å². The molecule has 0 spiro atoms. The van der Waals surface area contributed by atoms with Crippen LogP contribution in [0.2, 0.25) is 0 Å². The number of carbonyl (C=O) groups excluding carboxylic acids is 1. The number of likely N-dealkylation sites (tertiary alicyclic amines) is 1. The van der Waals surface area contributed by atoms with Crippen LogP contribution in [0.3, 0.4) is 0 Å². The molecule has 0 unspecified atom stereocenters. The summed E-state index contributed by atoms with van der Waals surface area (Å²) in [6, 6.07) is 0. The molecule has 16 heavy (non-hydrogen) atoms. The van der Waals surface area contributed by atoms with Crippen molar-refractivity contribution in [3.05, 3.63) is 0 Å². The third-order valence-corrected chi connectivity index (χ3v) is 3.24. The van der Waals surface area contributed by atoms with Crippen molar-refractivity contribution in [3.8, 4) is 0 Å². The van der Waals surface area contributed by atoms with Crippen molar-refractivity contribution in [1.82, 2.24) is 4.90 Å². The van der Waals surface area contributed by atoms with Crippen LogP contribution in [0.1, 0.15) is 39.5 Å². The molecule has 1 aliphatic heterocycles. The van der Waals surface area contributed by atoms with E-state index in [0.717, 1.165) is 38.9 Å². The number of piperidine rings is 1. The number of hydrogen-bond donors (Lipinski definition) is 2. The lowest BCUT2D eigenvalue weighted by Gasteiger charge is -2.32. The van der Waals surface area contributed by atoms with E-state index in [1.807, 2.05) is 13.8 Å². The Morgan fingerprint density at radius 3 is 2.44 bits per heavy atom. The van der Waals surface area contributed by atoms with E-state index in [2.05, 4.69) is 4.90 Å². The first-order valence-electron chi connectivity index (χ1n) is 6.10. The molecule has 4 heteroatoms. The van der Waals surface area contributed by atoms with Gasteiger partial charge in [-0.05, 0) is 52.1 Å². The van der Waals surface area contributed by atoms with Crippen molar-refractivity contribution in [2.45, 2.75) is 45.1 Å². The Bertz CT molecular complexity index is 228. The fourth-order valence-corrected chi connectivity index (χ4v) is 2.13. The SMILES string of the molecule is CC(C)(O)CCN1CCC(CC(N)=O)CC1. The molecular weight excluding hydrogens is 204 g/mol. The Morgan fingerprint density at radius 2 is 2.00 bits per heavy atom. The van der Waals surface area contributed by atoms with Gasteiger partial charge in [0.25, 0.3) is 0 Å². The van der Waals surface area contributed by atoms with Crippen LogP contribution in [0.15, 0.2) is 0 Å². The third kappa shape index (κ3) is 5.47. The smallest absolute Gasteiger partial charge is 0.217 e. The summed E-state index contributed by atoms with van der Waals surface area (Å²) in [7, 11) is 0. The molecule has 0 aromatic heterocycles. The standard InChI is InChI=1S/C12H24N2O2/c1-12(2,16)5-8-14-6-3-10(4-7-14)9-11(13)15/h10,16H,3-9H2,1-2H3,(H2,13,15). The van der Waals surface area contributed by atoms with Crippen molar-refractivity contribution in [1.29, 1.82) is 0 Å². The second-order valence-corrected chi connectivity index (χ2v) is 5.52. The van der Waals surface area contributed by atoms with Crippen molar-refractivity contribution in [3.63, 3.8) is 0 Å². The van der Waals surface area contributed by atoms with Crippen LogP contribution in [0.4, 0.5) is 0 Å². The number of aliphatic hydroxyl groups is 1. The highest BCUT2D eigenvalue weighted by atomic mass is 16.3. The highest BCUT2D eigenvalue weighted by Gasteiger charge is 2.22. The molecule has 1 amide bonds. The van der Waals surface area contributed by atoms with Gasteiger partial charge in [-0.15, -0.1) is 0 Å². The number of primary amides is 1. The molecule has 0 aliphatic carbocycles. The molecule has 4 nitrogen and oxygen atoms in total. The summed E-state index contributed by atoms with van der Waals surface area (Å²) >= 11 is 0. The predicted molar refractivity (Wildman–Crippen MR) is 63.9 cm³/mol. The summed E-state index contributed by atoms with van der Waals surface area (Å²) in [4.78, 5) is 13.1. The topological polar surface area (TPSA) is 66.6 Å². The number of rotatable bonds is 5. The van der Waals surface area contributed by atoms with E-state index in [1.54, 1.807) is 0 Å². The van der Waals surface area contributed by atoms with Gasteiger partial charge in [0.15, 0.2) is 0 Å². The van der Waals surface area contributed by atoms with Crippen LogP contribution in [0, 0.1) is 5.92 Å². The Morgan fingerprint density at radius 1 is 1.44 bits per heavy atom. The number of nitrogens with two attached hydrogens (primary N) is 1. The molecule has 1 aliphatic rings. The summed E-state index contributed by atoms with van der Waals surface area (Å²) in [5.41, 5.74) is 4.61. The van der Waals surface area contributed by atoms with Crippen LogP contribution in [-0.2, 0) is 4.79 Å². The van der Waals surface area contributed by atoms with Gasteiger partial charge in [0.2, 0.25) is 5.91 Å². The van der Waals surface area contributed by atoms with E-state index in [4.69, 9.17) is 5.73 Å². The van der Waals surface area contributed by atoms with Crippen LogP contribution in [-0.4, -0.2) is 41.1 Å². The molecule has 0 radical (unpaired) electrons. The highest BCUT2D eigenvalue weighted by molar-refractivity contribution is 5.73. The van der Waals surface area contributed by atoms with Gasteiger partial charge in [0.1, 0.15) is 0 Å². The number of carbonyl (C=O) groups is 1. The molecule has 94 valence electrons. The second-order valence-electron chi connectivity index (χ2n) is 5.52. The number of hydrogen-bond acceptors (Lipinski definition) is 3. The van der Waals surface area contributed by atoms with Gasteiger partial charge in [-0.2, -0.15) is 0 Å². The minimum atomic E-state index is -0.579. The van der Waals surface area contributed by atoms with Crippen LogP contribution in [0.5, 0.6) is 0 Å². The van der Waals surface area contributed by atoms with Crippen molar-refractivity contribution < 1.29 is 9.90 Å². The molecule has 0 bridgehead atoms. The number of amides is 1. The van der Waals surface area contributed by atoms with Crippen molar-refractivity contribution in [2.24, 2.45) is 11.7 Å². The highest BCUT2D eigenvalue weighted by Crippen LogP contribution is 2.21. The lowest BCUT2D eigenvalue weighted by atomic mass is 9.93. The van der Waals surface area contributed by atoms with E-state index in [-0.39, 0.29) is 5.91 Å². The first-order valence-corrected chi connectivity index (χ1v) is 6.10. The van der Waals surface area contributed by atoms with E-state index in [9.17, 15) is 9.90 Å². The van der Waals surface area contributed by atoms with Crippen LogP contribution in [0.25, 0.3) is 0 Å². The lowest BCUT2D eigenvalue weighted by Crippen LogP contribution is -2.38. The van der Waals surface area contributed by atoms with Gasteiger partial charge >= 0.3 is 0 Å². The predicted octanol–water partition coefficient (Wildman–Crippen LogP) is 0.735. The molecule has 0 atom stereocenters. The molecule has 1 saturated heterocycles. The molecule has 1 heterocycles. The lowest BCUT2D eigenvalue weighted by molar-refractivity contribution is -0.119. The largest absolute Gasteiger partial charge is 0.390 e. The quantitative estimate of drug-likeness (QED) is 0.729. The monoisotopic (exact) mass is 228 g/mol. The van der Waals surface area contributed by atoms with Gasteiger partial charge in [-0.25, -0.2) is 0 Å². The van der Waals surface area contributed by atoms with Crippen molar-refractivity contribution >= 4 is 5.91 Å². The zero-order valence-corrected chi connectivity index (χ0v) is 10.4. The Labute approximate surface area is 97.8 Å². The fourth-order valence-electron chi connectivity index (χ4n) is 2.13. The maximum absolute atomic E-state index is 10.8. The van der Waals surface area contributed by atoms with E-state index < -0.39 is 5.60 Å². The maximum Gasteiger partial charge on any atom is 0.217 e. The average molecular weight is 228 g/mol. The Balaban J connectivity index is 2.19. The third-order valence-electron chi connectivity index (χ3n) is 3.24. The van der Waals surface area contributed by atoms with E-state index in [0.29, 0.717) is 12.3 Å². The summed E-state index contributed by atoms with van der Waals surface area (Å²) < 4.78 is 0. The van der Waals surface area contributed by atoms with Gasteiger partial charge in [-0.1, -0.05) is 0 Å². The number of nitrogens with zero attached hydrogens (tertiary/aromatic N) is 1. The Kier molecular flexibility index (Phi) is 4.74. The fraction of sp³-hybridized carbons (Fsp3) is 0.917.